The minimum absolute atomic E-state index is 0.380. The van der Waals surface area contributed by atoms with Gasteiger partial charge >= 0.3 is 12.0 Å². The Morgan fingerprint density at radius 2 is 2.16 bits per heavy atom. The zero-order chi connectivity index (χ0) is 14.4. The number of hydrogen-bond donors (Lipinski definition) is 4. The van der Waals surface area contributed by atoms with Crippen molar-refractivity contribution in [1.82, 2.24) is 5.32 Å². The molecule has 0 fully saturated rings. The monoisotopic (exact) mass is 332 g/mol. The second-order valence-corrected chi connectivity index (χ2v) is 4.39. The van der Waals surface area contributed by atoms with Crippen molar-refractivity contribution < 1.29 is 24.5 Å². The van der Waals surface area contributed by atoms with Gasteiger partial charge in [0, 0.05) is 11.8 Å². The standard InChI is InChI=1S/C11H13BrN2O5/c1-19-9-4-6(2-3-7(9)12)14-11(18)13-5-8(15)10(16)17/h2-4,8,15H,5H2,1H3,(H,16,17)(H2,13,14,18)/t8-/m0/s1. The molecule has 0 aliphatic rings. The van der Waals surface area contributed by atoms with E-state index in [2.05, 4.69) is 26.6 Å². The number of nitrogens with one attached hydrogen (secondary N) is 2. The molecule has 1 atom stereocenters. The number of aliphatic hydroxyl groups is 1. The van der Waals surface area contributed by atoms with Crippen LogP contribution in [0.4, 0.5) is 10.5 Å². The molecule has 0 aromatic heterocycles. The van der Waals surface area contributed by atoms with Crippen LogP contribution in [0.15, 0.2) is 22.7 Å². The number of rotatable bonds is 5. The molecule has 19 heavy (non-hydrogen) atoms. The van der Waals surface area contributed by atoms with Crippen molar-refractivity contribution >= 4 is 33.6 Å². The number of anilines is 1. The predicted octanol–water partition coefficient (Wildman–Crippen LogP) is 1.02. The van der Waals surface area contributed by atoms with Gasteiger partial charge in [0.25, 0.3) is 0 Å². The van der Waals surface area contributed by atoms with E-state index in [1.165, 1.54) is 7.11 Å². The lowest BCUT2D eigenvalue weighted by atomic mass is 10.3. The van der Waals surface area contributed by atoms with Gasteiger partial charge in [0.05, 0.1) is 18.1 Å². The highest BCUT2D eigenvalue weighted by Gasteiger charge is 2.14. The van der Waals surface area contributed by atoms with Gasteiger partial charge in [0.2, 0.25) is 0 Å². The van der Waals surface area contributed by atoms with Gasteiger partial charge in [0.1, 0.15) is 5.75 Å². The van der Waals surface area contributed by atoms with Crippen molar-refractivity contribution in [3.8, 4) is 5.75 Å². The molecule has 0 saturated heterocycles. The molecule has 8 heteroatoms. The van der Waals surface area contributed by atoms with Gasteiger partial charge in [-0.1, -0.05) is 0 Å². The van der Waals surface area contributed by atoms with Gasteiger partial charge in [-0.25, -0.2) is 9.59 Å². The number of carboxylic acids is 1. The topological polar surface area (TPSA) is 108 Å². The lowest BCUT2D eigenvalue weighted by Crippen LogP contribution is -2.38. The maximum absolute atomic E-state index is 11.4. The molecule has 0 saturated carbocycles. The Bertz CT molecular complexity index is 480. The molecular weight excluding hydrogens is 320 g/mol. The van der Waals surface area contributed by atoms with E-state index in [1.807, 2.05) is 0 Å². The number of carbonyl (C=O) groups is 2. The second kappa shape index (κ2) is 6.95. The highest BCUT2D eigenvalue weighted by Crippen LogP contribution is 2.27. The molecule has 0 unspecified atom stereocenters. The normalized spacial score (nSPS) is 11.5. The number of carboxylic acid groups (broad SMARTS) is 1. The van der Waals surface area contributed by atoms with E-state index in [0.717, 1.165) is 4.47 Å². The van der Waals surface area contributed by atoms with E-state index in [9.17, 15) is 9.59 Å². The number of urea groups is 1. The van der Waals surface area contributed by atoms with Crippen LogP contribution in [0.1, 0.15) is 0 Å². The largest absolute Gasteiger partial charge is 0.495 e. The number of benzene rings is 1. The molecule has 7 nitrogen and oxygen atoms in total. The zero-order valence-corrected chi connectivity index (χ0v) is 11.6. The third-order valence-electron chi connectivity index (χ3n) is 2.15. The summed E-state index contributed by atoms with van der Waals surface area (Å²) >= 11 is 3.27. The van der Waals surface area contributed by atoms with E-state index < -0.39 is 18.1 Å². The number of methoxy groups -OCH3 is 1. The van der Waals surface area contributed by atoms with Crippen LogP contribution in [-0.2, 0) is 4.79 Å². The highest BCUT2D eigenvalue weighted by atomic mass is 79.9. The summed E-state index contributed by atoms with van der Waals surface area (Å²) in [6.07, 6.45) is -1.63. The van der Waals surface area contributed by atoms with Crippen LogP contribution in [0.5, 0.6) is 5.75 Å². The molecule has 0 aliphatic carbocycles. The molecule has 1 aromatic rings. The average Bonchev–Trinajstić information content (AvgIpc) is 2.38. The summed E-state index contributed by atoms with van der Waals surface area (Å²) in [4.78, 5) is 21.8. The first-order valence-electron chi connectivity index (χ1n) is 5.23. The zero-order valence-electron chi connectivity index (χ0n) is 10.0. The van der Waals surface area contributed by atoms with Crippen molar-refractivity contribution in [3.63, 3.8) is 0 Å². The molecule has 1 aromatic carbocycles. The van der Waals surface area contributed by atoms with Gasteiger partial charge in [-0.15, -0.1) is 0 Å². The SMILES string of the molecule is COc1cc(NC(=O)NC[C@H](O)C(=O)O)ccc1Br. The molecule has 0 radical (unpaired) electrons. The number of carbonyl (C=O) groups excluding carboxylic acids is 1. The minimum atomic E-state index is -1.63. The van der Waals surface area contributed by atoms with Crippen LogP contribution in [-0.4, -0.2) is 42.0 Å². The molecule has 0 bridgehead atoms. The van der Waals surface area contributed by atoms with Gasteiger partial charge < -0.3 is 25.6 Å². The van der Waals surface area contributed by atoms with Crippen molar-refractivity contribution in [1.29, 1.82) is 0 Å². The maximum Gasteiger partial charge on any atom is 0.334 e. The third kappa shape index (κ3) is 4.76. The molecule has 1 rings (SSSR count). The first-order valence-corrected chi connectivity index (χ1v) is 6.02. The molecule has 0 heterocycles. The number of amides is 2. The third-order valence-corrected chi connectivity index (χ3v) is 2.81. The Kier molecular flexibility index (Phi) is 5.58. The summed E-state index contributed by atoms with van der Waals surface area (Å²) in [7, 11) is 1.49. The quantitative estimate of drug-likeness (QED) is 0.644. The number of aliphatic carboxylic acids is 1. The fourth-order valence-corrected chi connectivity index (χ4v) is 1.60. The highest BCUT2D eigenvalue weighted by molar-refractivity contribution is 9.10. The smallest absolute Gasteiger partial charge is 0.334 e. The number of hydrogen-bond acceptors (Lipinski definition) is 4. The number of ether oxygens (including phenoxy) is 1. The van der Waals surface area contributed by atoms with Gasteiger partial charge in [-0.05, 0) is 28.1 Å². The van der Waals surface area contributed by atoms with E-state index in [-0.39, 0.29) is 6.54 Å². The Labute approximate surface area is 117 Å². The van der Waals surface area contributed by atoms with Crippen molar-refractivity contribution in [3.05, 3.63) is 22.7 Å². The van der Waals surface area contributed by atoms with E-state index in [1.54, 1.807) is 18.2 Å². The van der Waals surface area contributed by atoms with Crippen molar-refractivity contribution in [2.75, 3.05) is 19.0 Å². The van der Waals surface area contributed by atoms with Gasteiger partial charge in [-0.2, -0.15) is 0 Å². The fraction of sp³-hybridized carbons (Fsp3) is 0.273. The minimum Gasteiger partial charge on any atom is -0.495 e. The van der Waals surface area contributed by atoms with E-state index >= 15 is 0 Å². The molecule has 104 valence electrons. The second-order valence-electron chi connectivity index (χ2n) is 3.54. The average molecular weight is 333 g/mol. The number of aliphatic hydroxyl groups excluding tert-OH is 1. The van der Waals surface area contributed by atoms with Crippen LogP contribution in [0, 0.1) is 0 Å². The fourth-order valence-electron chi connectivity index (χ4n) is 1.19. The lowest BCUT2D eigenvalue weighted by Gasteiger charge is -2.10. The summed E-state index contributed by atoms with van der Waals surface area (Å²) in [6.45, 7) is -0.380. The Morgan fingerprint density at radius 1 is 1.47 bits per heavy atom. The number of halogens is 1. The maximum atomic E-state index is 11.4. The predicted molar refractivity (Wildman–Crippen MR) is 71.4 cm³/mol. The first kappa shape index (κ1) is 15.3. The van der Waals surface area contributed by atoms with Gasteiger partial charge in [0.15, 0.2) is 6.10 Å². The van der Waals surface area contributed by atoms with E-state index in [0.29, 0.717) is 11.4 Å². The first-order chi connectivity index (χ1) is 8.93. The van der Waals surface area contributed by atoms with Crippen molar-refractivity contribution in [2.24, 2.45) is 0 Å². The molecule has 4 N–H and O–H groups in total. The lowest BCUT2D eigenvalue weighted by molar-refractivity contribution is -0.146. The molecular formula is C11H13BrN2O5. The Balaban J connectivity index is 2.55. The summed E-state index contributed by atoms with van der Waals surface area (Å²) in [5, 5.41) is 22.1. The molecule has 0 spiro atoms. The Hall–Kier alpha value is -1.80. The molecule has 2 amide bonds. The van der Waals surface area contributed by atoms with Crippen LogP contribution in [0.2, 0.25) is 0 Å². The van der Waals surface area contributed by atoms with E-state index in [4.69, 9.17) is 14.9 Å². The van der Waals surface area contributed by atoms with Crippen LogP contribution in [0.25, 0.3) is 0 Å². The van der Waals surface area contributed by atoms with Crippen molar-refractivity contribution in [2.45, 2.75) is 6.10 Å². The summed E-state index contributed by atoms with van der Waals surface area (Å²) in [5.74, 6) is -0.853. The van der Waals surface area contributed by atoms with Crippen LogP contribution < -0.4 is 15.4 Å². The summed E-state index contributed by atoms with van der Waals surface area (Å²) in [6, 6.07) is 4.31. The van der Waals surface area contributed by atoms with Crippen LogP contribution in [0.3, 0.4) is 0 Å². The molecule has 0 aliphatic heterocycles. The summed E-state index contributed by atoms with van der Waals surface area (Å²) < 4.78 is 5.80. The Morgan fingerprint density at radius 3 is 2.74 bits per heavy atom. The van der Waals surface area contributed by atoms with Gasteiger partial charge in [-0.3, -0.25) is 0 Å². The summed E-state index contributed by atoms with van der Waals surface area (Å²) in [5.41, 5.74) is 0.474. The van der Waals surface area contributed by atoms with Crippen LogP contribution >= 0.6 is 15.9 Å².